The Kier molecular flexibility index (Phi) is 7.74. The Morgan fingerprint density at radius 1 is 1.13 bits per heavy atom. The van der Waals surface area contributed by atoms with E-state index >= 15 is 0 Å². The molecule has 2 fully saturated rings. The molecule has 3 rings (SSSR count). The van der Waals surface area contributed by atoms with E-state index in [1.807, 2.05) is 0 Å². The van der Waals surface area contributed by atoms with E-state index < -0.39 is 15.8 Å². The van der Waals surface area contributed by atoms with Crippen molar-refractivity contribution >= 4 is 27.7 Å². The van der Waals surface area contributed by atoms with Crippen LogP contribution in [0.3, 0.4) is 0 Å². The van der Waals surface area contributed by atoms with Crippen molar-refractivity contribution in [2.45, 2.75) is 51.6 Å². The number of benzene rings is 1. The van der Waals surface area contributed by atoms with E-state index in [9.17, 15) is 22.4 Å². The monoisotopic (exact) mass is 457 g/mol. The number of carbonyl (C=O) groups is 2. The van der Waals surface area contributed by atoms with Gasteiger partial charge < -0.3 is 14.5 Å². The zero-order valence-corrected chi connectivity index (χ0v) is 18.6. The zero-order chi connectivity index (χ0) is 22.4. The SMILES string of the molecule is CCCS(=O)(=O)Nc1ccc(C(=O)N2CCN(C(=O)OC3CCCCC3)CC2)cc1F.[HH]. The quantitative estimate of drug-likeness (QED) is 0.706. The third-order valence-corrected chi connectivity index (χ3v) is 7.08. The lowest BCUT2D eigenvalue weighted by Crippen LogP contribution is -2.51. The van der Waals surface area contributed by atoms with Gasteiger partial charge >= 0.3 is 6.09 Å². The van der Waals surface area contributed by atoms with Crippen molar-refractivity contribution < 1.29 is 28.6 Å². The maximum atomic E-state index is 14.4. The molecule has 0 bridgehead atoms. The molecule has 1 aromatic carbocycles. The number of amides is 2. The van der Waals surface area contributed by atoms with Crippen LogP contribution in [0.5, 0.6) is 0 Å². The number of hydrogen-bond donors (Lipinski definition) is 1. The van der Waals surface area contributed by atoms with Crippen molar-refractivity contribution in [3.8, 4) is 0 Å². The van der Waals surface area contributed by atoms with Gasteiger partial charge in [-0.3, -0.25) is 9.52 Å². The molecule has 1 heterocycles. The smallest absolute Gasteiger partial charge is 0.410 e. The van der Waals surface area contributed by atoms with E-state index in [4.69, 9.17) is 4.74 Å². The molecule has 2 aliphatic rings. The van der Waals surface area contributed by atoms with Gasteiger partial charge in [-0.25, -0.2) is 17.6 Å². The van der Waals surface area contributed by atoms with Crippen LogP contribution < -0.4 is 4.72 Å². The third-order valence-electron chi connectivity index (χ3n) is 5.60. The van der Waals surface area contributed by atoms with Gasteiger partial charge in [0.05, 0.1) is 11.4 Å². The van der Waals surface area contributed by atoms with Crippen molar-refractivity contribution in [1.82, 2.24) is 9.80 Å². The standard InChI is InChI=1S/C21H30FN3O5S.H2/c1-2-14-31(28,29)23-19-9-8-16(15-18(19)22)20(26)24-10-12-25(13-11-24)21(27)30-17-6-4-3-5-7-17;/h8-9,15,17,23H,2-7,10-14H2,1H3;1H. The molecule has 1 N–H and O–H groups in total. The Labute approximate surface area is 184 Å². The van der Waals surface area contributed by atoms with Gasteiger partial charge in [0.2, 0.25) is 10.0 Å². The summed E-state index contributed by atoms with van der Waals surface area (Å²) in [6.07, 6.45) is 5.20. The molecule has 0 atom stereocenters. The molecule has 1 saturated carbocycles. The van der Waals surface area contributed by atoms with Crippen LogP contribution in [-0.4, -0.2) is 68.3 Å². The van der Waals surface area contributed by atoms with Gasteiger partial charge in [-0.1, -0.05) is 13.3 Å². The highest BCUT2D eigenvalue weighted by Crippen LogP contribution is 2.22. The lowest BCUT2D eigenvalue weighted by molar-refractivity contribution is 0.0306. The van der Waals surface area contributed by atoms with Crippen LogP contribution in [0.25, 0.3) is 0 Å². The summed E-state index contributed by atoms with van der Waals surface area (Å²) in [5.41, 5.74) is -0.0468. The summed E-state index contributed by atoms with van der Waals surface area (Å²) >= 11 is 0. The van der Waals surface area contributed by atoms with Crippen molar-refractivity contribution in [3.63, 3.8) is 0 Å². The maximum absolute atomic E-state index is 14.4. The molecule has 0 spiro atoms. The lowest BCUT2D eigenvalue weighted by atomic mass is 9.98. The second-order valence-corrected chi connectivity index (χ2v) is 9.88. The van der Waals surface area contributed by atoms with Crippen molar-refractivity contribution in [1.29, 1.82) is 0 Å². The fraction of sp³-hybridized carbons (Fsp3) is 0.619. The zero-order valence-electron chi connectivity index (χ0n) is 17.8. The summed E-state index contributed by atoms with van der Waals surface area (Å²) in [4.78, 5) is 28.2. The summed E-state index contributed by atoms with van der Waals surface area (Å²) in [6.45, 7) is 3.08. The van der Waals surface area contributed by atoms with E-state index in [1.54, 1.807) is 16.7 Å². The number of nitrogens with one attached hydrogen (secondary N) is 1. The van der Waals surface area contributed by atoms with Crippen molar-refractivity contribution in [2.24, 2.45) is 0 Å². The minimum atomic E-state index is -3.62. The molecule has 10 heteroatoms. The van der Waals surface area contributed by atoms with E-state index in [0.717, 1.165) is 31.7 Å². The van der Waals surface area contributed by atoms with Crippen molar-refractivity contribution in [3.05, 3.63) is 29.6 Å². The molecule has 174 valence electrons. The Morgan fingerprint density at radius 2 is 1.77 bits per heavy atom. The van der Waals surface area contributed by atoms with Crippen LogP contribution in [-0.2, 0) is 14.8 Å². The lowest BCUT2D eigenvalue weighted by Gasteiger charge is -2.35. The van der Waals surface area contributed by atoms with E-state index in [1.165, 1.54) is 18.6 Å². The average Bonchev–Trinajstić information content (AvgIpc) is 2.75. The van der Waals surface area contributed by atoms with Crippen LogP contribution >= 0.6 is 0 Å². The highest BCUT2D eigenvalue weighted by molar-refractivity contribution is 7.92. The fourth-order valence-electron chi connectivity index (χ4n) is 3.89. The molecular formula is C21H32FN3O5S. The first kappa shape index (κ1) is 23.3. The number of anilines is 1. The number of sulfonamides is 1. The van der Waals surface area contributed by atoms with Crippen molar-refractivity contribution in [2.75, 3.05) is 36.7 Å². The number of carbonyl (C=O) groups excluding carboxylic acids is 2. The molecular weight excluding hydrogens is 425 g/mol. The van der Waals surface area contributed by atoms with Gasteiger partial charge in [0, 0.05) is 33.2 Å². The summed E-state index contributed by atoms with van der Waals surface area (Å²) in [6, 6.07) is 3.70. The minimum Gasteiger partial charge on any atom is -0.446 e. The molecule has 1 aromatic rings. The van der Waals surface area contributed by atoms with E-state index in [-0.39, 0.29) is 36.5 Å². The second-order valence-electron chi connectivity index (χ2n) is 8.04. The summed E-state index contributed by atoms with van der Waals surface area (Å²) in [5.74, 6) is -1.27. The first-order valence-corrected chi connectivity index (χ1v) is 12.5. The highest BCUT2D eigenvalue weighted by atomic mass is 32.2. The molecule has 0 radical (unpaired) electrons. The Hall–Kier alpha value is -2.36. The van der Waals surface area contributed by atoms with Gasteiger partial charge in [-0.05, 0) is 50.3 Å². The first-order valence-electron chi connectivity index (χ1n) is 10.8. The van der Waals surface area contributed by atoms with Crippen LogP contribution in [0.15, 0.2) is 18.2 Å². The molecule has 0 unspecified atom stereocenters. The third kappa shape index (κ3) is 6.32. The number of ether oxygens (including phenoxy) is 1. The van der Waals surface area contributed by atoms with Crippen LogP contribution in [0, 0.1) is 5.82 Å². The van der Waals surface area contributed by atoms with Crippen LogP contribution in [0.2, 0.25) is 0 Å². The normalized spacial score (nSPS) is 18.0. The van der Waals surface area contributed by atoms with Crippen LogP contribution in [0.1, 0.15) is 57.2 Å². The molecule has 31 heavy (non-hydrogen) atoms. The Bertz CT molecular complexity index is 901. The first-order chi connectivity index (χ1) is 14.8. The number of hydrogen-bond acceptors (Lipinski definition) is 5. The average molecular weight is 458 g/mol. The Balaban J connectivity index is 0.00000363. The molecule has 8 nitrogen and oxygen atoms in total. The van der Waals surface area contributed by atoms with E-state index in [0.29, 0.717) is 32.6 Å². The number of nitrogens with zero attached hydrogens (tertiary/aromatic N) is 2. The molecule has 1 saturated heterocycles. The van der Waals surface area contributed by atoms with Gasteiger partial charge in [0.15, 0.2) is 0 Å². The predicted molar refractivity (Wildman–Crippen MR) is 117 cm³/mol. The molecule has 2 amide bonds. The summed E-state index contributed by atoms with van der Waals surface area (Å²) in [5, 5.41) is 0. The number of rotatable bonds is 6. The Morgan fingerprint density at radius 3 is 2.39 bits per heavy atom. The molecule has 0 aromatic heterocycles. The van der Waals surface area contributed by atoms with Gasteiger partial charge in [-0.15, -0.1) is 0 Å². The van der Waals surface area contributed by atoms with Crippen LogP contribution in [0.4, 0.5) is 14.9 Å². The molecule has 1 aliphatic heterocycles. The highest BCUT2D eigenvalue weighted by Gasteiger charge is 2.28. The summed E-state index contributed by atoms with van der Waals surface area (Å²) < 4.78 is 45.8. The van der Waals surface area contributed by atoms with Gasteiger partial charge in [0.25, 0.3) is 5.91 Å². The fourth-order valence-corrected chi connectivity index (χ4v) is 5.03. The van der Waals surface area contributed by atoms with Gasteiger partial charge in [-0.2, -0.15) is 0 Å². The topological polar surface area (TPSA) is 96.0 Å². The minimum absolute atomic E-state index is 0. The summed E-state index contributed by atoms with van der Waals surface area (Å²) in [7, 11) is -3.62. The maximum Gasteiger partial charge on any atom is 0.410 e. The second kappa shape index (κ2) is 10.3. The predicted octanol–water partition coefficient (Wildman–Crippen LogP) is 3.45. The largest absolute Gasteiger partial charge is 0.446 e. The number of halogens is 1. The molecule has 1 aliphatic carbocycles. The van der Waals surface area contributed by atoms with E-state index in [2.05, 4.69) is 4.72 Å². The number of piperazine rings is 1. The van der Waals surface area contributed by atoms with Gasteiger partial charge in [0.1, 0.15) is 11.9 Å².